The van der Waals surface area contributed by atoms with Crippen molar-refractivity contribution in [2.24, 2.45) is 10.9 Å². The normalized spacial score (nSPS) is 15.2. The van der Waals surface area contributed by atoms with E-state index in [4.69, 9.17) is 9.73 Å². The van der Waals surface area contributed by atoms with Crippen LogP contribution in [0.2, 0.25) is 0 Å². The molecule has 2 N–H and O–H groups in total. The number of para-hydroxylation sites is 1. The molecule has 0 radical (unpaired) electrons. The number of benzene rings is 1. The van der Waals surface area contributed by atoms with Crippen molar-refractivity contribution in [1.82, 2.24) is 10.6 Å². The number of guanidine groups is 1. The SMILES string of the molecule is CCNC(=NCc1ccccc1N1CCOCC1)NCC(C)C.I. The van der Waals surface area contributed by atoms with Gasteiger partial charge in [-0.2, -0.15) is 0 Å². The summed E-state index contributed by atoms with van der Waals surface area (Å²) in [5.41, 5.74) is 2.54. The van der Waals surface area contributed by atoms with E-state index >= 15 is 0 Å². The lowest BCUT2D eigenvalue weighted by Gasteiger charge is -2.30. The smallest absolute Gasteiger partial charge is 0.191 e. The van der Waals surface area contributed by atoms with E-state index < -0.39 is 0 Å². The molecule has 1 fully saturated rings. The van der Waals surface area contributed by atoms with Gasteiger partial charge in [-0.15, -0.1) is 24.0 Å². The van der Waals surface area contributed by atoms with E-state index in [1.807, 2.05) is 0 Å². The summed E-state index contributed by atoms with van der Waals surface area (Å²) in [6.45, 7) is 12.5. The van der Waals surface area contributed by atoms with Crippen molar-refractivity contribution in [2.75, 3.05) is 44.3 Å². The third-order valence-electron chi connectivity index (χ3n) is 3.77. The zero-order valence-electron chi connectivity index (χ0n) is 15.0. The molecule has 1 aliphatic rings. The first-order valence-electron chi connectivity index (χ1n) is 8.63. The maximum absolute atomic E-state index is 5.46. The topological polar surface area (TPSA) is 48.9 Å². The van der Waals surface area contributed by atoms with E-state index in [0.29, 0.717) is 12.5 Å². The van der Waals surface area contributed by atoms with Crippen molar-refractivity contribution in [3.8, 4) is 0 Å². The first-order chi connectivity index (χ1) is 11.2. The van der Waals surface area contributed by atoms with Gasteiger partial charge < -0.3 is 20.3 Å². The lowest BCUT2D eigenvalue weighted by molar-refractivity contribution is 0.122. The van der Waals surface area contributed by atoms with Gasteiger partial charge in [0.15, 0.2) is 5.96 Å². The van der Waals surface area contributed by atoms with Gasteiger partial charge in [0.2, 0.25) is 0 Å². The largest absolute Gasteiger partial charge is 0.378 e. The van der Waals surface area contributed by atoms with Crippen LogP contribution >= 0.6 is 24.0 Å². The molecule has 0 atom stereocenters. The Kier molecular flexibility index (Phi) is 10.1. The van der Waals surface area contributed by atoms with Gasteiger partial charge in [-0.25, -0.2) is 4.99 Å². The summed E-state index contributed by atoms with van der Waals surface area (Å²) >= 11 is 0. The molecule has 0 amide bonds. The number of ether oxygens (including phenoxy) is 1. The molecule has 5 nitrogen and oxygen atoms in total. The van der Waals surface area contributed by atoms with Crippen LogP contribution < -0.4 is 15.5 Å². The summed E-state index contributed by atoms with van der Waals surface area (Å²) in [4.78, 5) is 7.14. The maximum Gasteiger partial charge on any atom is 0.191 e. The molecule has 1 heterocycles. The highest BCUT2D eigenvalue weighted by atomic mass is 127. The Hall–Kier alpha value is -1.02. The third kappa shape index (κ3) is 6.84. The number of hydrogen-bond acceptors (Lipinski definition) is 3. The van der Waals surface area contributed by atoms with E-state index in [1.54, 1.807) is 0 Å². The van der Waals surface area contributed by atoms with Crippen LogP contribution in [0.4, 0.5) is 5.69 Å². The molecule has 0 saturated carbocycles. The van der Waals surface area contributed by atoms with Gasteiger partial charge in [-0.05, 0) is 24.5 Å². The van der Waals surface area contributed by atoms with Crippen LogP contribution in [0, 0.1) is 5.92 Å². The monoisotopic (exact) mass is 446 g/mol. The lowest BCUT2D eigenvalue weighted by Crippen LogP contribution is -2.39. The quantitative estimate of drug-likeness (QED) is 0.401. The summed E-state index contributed by atoms with van der Waals surface area (Å²) in [5.74, 6) is 1.48. The molecular formula is C18H31IN4O. The number of morpholine rings is 1. The standard InChI is InChI=1S/C18H30N4O.HI/c1-4-19-18(20-13-15(2)3)21-14-16-7-5-6-8-17(16)22-9-11-23-12-10-22;/h5-8,15H,4,9-14H2,1-3H3,(H2,19,20,21);1H. The van der Waals surface area contributed by atoms with Gasteiger partial charge in [-0.3, -0.25) is 0 Å². The highest BCUT2D eigenvalue weighted by Crippen LogP contribution is 2.22. The predicted molar refractivity (Wildman–Crippen MR) is 113 cm³/mol. The zero-order chi connectivity index (χ0) is 16.5. The Morgan fingerprint density at radius 2 is 1.92 bits per heavy atom. The predicted octanol–water partition coefficient (Wildman–Crippen LogP) is 2.85. The van der Waals surface area contributed by atoms with Gasteiger partial charge in [0, 0.05) is 31.9 Å². The van der Waals surface area contributed by atoms with Crippen molar-refractivity contribution in [2.45, 2.75) is 27.3 Å². The molecule has 24 heavy (non-hydrogen) atoms. The number of anilines is 1. The van der Waals surface area contributed by atoms with E-state index in [0.717, 1.165) is 45.4 Å². The third-order valence-corrected chi connectivity index (χ3v) is 3.77. The summed E-state index contributed by atoms with van der Waals surface area (Å²) in [6, 6.07) is 8.54. The van der Waals surface area contributed by atoms with Crippen LogP contribution in [0.25, 0.3) is 0 Å². The maximum atomic E-state index is 5.46. The molecule has 0 aliphatic carbocycles. The van der Waals surface area contributed by atoms with Crippen LogP contribution in [-0.4, -0.2) is 45.4 Å². The lowest BCUT2D eigenvalue weighted by atomic mass is 10.1. The highest BCUT2D eigenvalue weighted by Gasteiger charge is 2.14. The number of hydrogen-bond donors (Lipinski definition) is 2. The number of halogens is 1. The van der Waals surface area contributed by atoms with Crippen LogP contribution in [0.15, 0.2) is 29.3 Å². The van der Waals surface area contributed by atoms with E-state index in [2.05, 4.69) is 60.6 Å². The Morgan fingerprint density at radius 3 is 2.58 bits per heavy atom. The van der Waals surface area contributed by atoms with Crippen LogP contribution in [-0.2, 0) is 11.3 Å². The van der Waals surface area contributed by atoms with Gasteiger partial charge in [0.1, 0.15) is 0 Å². The average molecular weight is 446 g/mol. The molecule has 1 aliphatic heterocycles. The summed E-state index contributed by atoms with van der Waals surface area (Å²) in [5, 5.41) is 6.71. The molecule has 1 saturated heterocycles. The van der Waals surface area contributed by atoms with Crippen LogP contribution in [0.1, 0.15) is 26.3 Å². The summed E-state index contributed by atoms with van der Waals surface area (Å²) in [7, 11) is 0. The van der Waals surface area contributed by atoms with Crippen LogP contribution in [0.3, 0.4) is 0 Å². The Balaban J connectivity index is 0.00000288. The van der Waals surface area contributed by atoms with Crippen molar-refractivity contribution in [1.29, 1.82) is 0 Å². The second-order valence-electron chi connectivity index (χ2n) is 6.20. The fraction of sp³-hybridized carbons (Fsp3) is 0.611. The summed E-state index contributed by atoms with van der Waals surface area (Å²) in [6.07, 6.45) is 0. The summed E-state index contributed by atoms with van der Waals surface area (Å²) < 4.78 is 5.46. The number of rotatable bonds is 6. The van der Waals surface area contributed by atoms with E-state index in [-0.39, 0.29) is 24.0 Å². The fourth-order valence-corrected chi connectivity index (χ4v) is 2.56. The first-order valence-corrected chi connectivity index (χ1v) is 8.63. The van der Waals surface area contributed by atoms with Crippen molar-refractivity contribution < 1.29 is 4.74 Å². The number of nitrogens with one attached hydrogen (secondary N) is 2. The van der Waals surface area contributed by atoms with Gasteiger partial charge in [0.05, 0.1) is 19.8 Å². The zero-order valence-corrected chi connectivity index (χ0v) is 17.4. The average Bonchev–Trinajstić information content (AvgIpc) is 2.58. The minimum Gasteiger partial charge on any atom is -0.378 e. The molecule has 0 bridgehead atoms. The van der Waals surface area contributed by atoms with Crippen molar-refractivity contribution in [3.05, 3.63) is 29.8 Å². The van der Waals surface area contributed by atoms with Gasteiger partial charge >= 0.3 is 0 Å². The second-order valence-corrected chi connectivity index (χ2v) is 6.20. The molecule has 2 rings (SSSR count). The Labute approximate surface area is 163 Å². The first kappa shape index (κ1) is 21.0. The van der Waals surface area contributed by atoms with Gasteiger partial charge in [-0.1, -0.05) is 32.0 Å². The molecule has 136 valence electrons. The minimum atomic E-state index is 0. The molecule has 1 aromatic rings. The number of nitrogens with zero attached hydrogens (tertiary/aromatic N) is 2. The number of aliphatic imine (C=N–C) groups is 1. The van der Waals surface area contributed by atoms with Crippen molar-refractivity contribution in [3.63, 3.8) is 0 Å². The fourth-order valence-electron chi connectivity index (χ4n) is 2.56. The molecule has 6 heteroatoms. The Morgan fingerprint density at radius 1 is 1.21 bits per heavy atom. The second kappa shape index (κ2) is 11.5. The van der Waals surface area contributed by atoms with E-state index in [9.17, 15) is 0 Å². The molecular weight excluding hydrogens is 415 g/mol. The van der Waals surface area contributed by atoms with Gasteiger partial charge in [0.25, 0.3) is 0 Å². The Bertz CT molecular complexity index is 502. The van der Waals surface area contributed by atoms with E-state index in [1.165, 1.54) is 11.3 Å². The minimum absolute atomic E-state index is 0. The molecule has 0 spiro atoms. The van der Waals surface area contributed by atoms with Crippen molar-refractivity contribution >= 4 is 35.6 Å². The molecule has 1 aromatic carbocycles. The highest BCUT2D eigenvalue weighted by molar-refractivity contribution is 14.0. The molecule has 0 aromatic heterocycles. The van der Waals surface area contributed by atoms with Crippen LogP contribution in [0.5, 0.6) is 0 Å². The molecule has 0 unspecified atom stereocenters.